The number of nitrogens with zero attached hydrogens (tertiary/aromatic N) is 2. The van der Waals surface area contributed by atoms with Gasteiger partial charge in [0, 0.05) is 50.9 Å². The minimum atomic E-state index is -1.07. The van der Waals surface area contributed by atoms with Gasteiger partial charge in [0.25, 0.3) is 0 Å². The molecule has 0 aromatic rings. The van der Waals surface area contributed by atoms with E-state index in [1.54, 1.807) is 9.80 Å². The first-order valence-electron chi connectivity index (χ1n) is 14.1. The monoisotopic (exact) mass is 524 g/mol. The topological polar surface area (TPSA) is 96.0 Å². The van der Waals surface area contributed by atoms with Gasteiger partial charge in [-0.3, -0.25) is 0 Å². The Morgan fingerprint density at radius 2 is 1.51 bits per heavy atom. The third-order valence-corrected chi connectivity index (χ3v) is 8.71. The second-order valence-electron chi connectivity index (χ2n) is 13.0. The minimum Gasteiger partial charge on any atom is -0.446 e. The largest absolute Gasteiger partial charge is 0.446 e. The molecule has 5 fully saturated rings. The number of rotatable bonds is 1. The van der Waals surface area contributed by atoms with E-state index in [2.05, 4.69) is 13.8 Å². The molecular formula is C27H44N2O8. The Morgan fingerprint density at radius 3 is 2.16 bits per heavy atom. The van der Waals surface area contributed by atoms with Crippen LogP contribution in [0.3, 0.4) is 0 Å². The molecule has 5 unspecified atom stereocenters. The van der Waals surface area contributed by atoms with Gasteiger partial charge < -0.3 is 19.3 Å². The van der Waals surface area contributed by atoms with Gasteiger partial charge in [-0.25, -0.2) is 9.59 Å². The van der Waals surface area contributed by atoms with Crippen LogP contribution in [0.4, 0.5) is 9.59 Å². The Labute approximate surface area is 220 Å². The molecule has 5 atom stereocenters. The second kappa shape index (κ2) is 10.2. The molecule has 0 aromatic heterocycles. The van der Waals surface area contributed by atoms with E-state index in [-0.39, 0.29) is 30.1 Å². The Hall–Kier alpha value is -1.62. The predicted octanol–water partition coefficient (Wildman–Crippen LogP) is 5.01. The number of piperazine rings is 1. The van der Waals surface area contributed by atoms with Crippen molar-refractivity contribution in [2.45, 2.75) is 109 Å². The fourth-order valence-corrected chi connectivity index (χ4v) is 6.96. The zero-order valence-electron chi connectivity index (χ0n) is 23.0. The number of amides is 2. The first-order chi connectivity index (χ1) is 17.5. The lowest BCUT2D eigenvalue weighted by atomic mass is 9.62. The lowest BCUT2D eigenvalue weighted by Crippen LogP contribution is -2.62. The van der Waals surface area contributed by atoms with Crippen molar-refractivity contribution < 1.29 is 38.6 Å². The van der Waals surface area contributed by atoms with Crippen LogP contribution >= 0.6 is 0 Å². The standard InChI is InChI=1S/C27H44N2O8/c1-18-13-20-15-19(2)27(21(14-18)16-20)36-34-26(35-37-27)8-6-7-22(17-26)32-23(30)28-9-11-29(12-10-28)24(31)33-25(3,4)5/h18-22H,6-17H2,1-5H3. The van der Waals surface area contributed by atoms with Crippen molar-refractivity contribution in [2.75, 3.05) is 26.2 Å². The molecule has 0 N–H and O–H groups in total. The van der Waals surface area contributed by atoms with Gasteiger partial charge in [0.1, 0.15) is 11.7 Å². The summed E-state index contributed by atoms with van der Waals surface area (Å²) in [6, 6.07) is 0. The second-order valence-corrected chi connectivity index (χ2v) is 13.0. The molecule has 0 radical (unpaired) electrons. The molecular weight excluding hydrogens is 480 g/mol. The quantitative estimate of drug-likeness (QED) is 0.442. The third-order valence-electron chi connectivity index (χ3n) is 8.71. The van der Waals surface area contributed by atoms with Crippen LogP contribution < -0.4 is 0 Å². The van der Waals surface area contributed by atoms with Crippen molar-refractivity contribution in [3.8, 4) is 0 Å². The minimum absolute atomic E-state index is 0.178. The summed E-state index contributed by atoms with van der Waals surface area (Å²) < 4.78 is 11.3. The van der Waals surface area contributed by atoms with Crippen LogP contribution in [0.5, 0.6) is 0 Å². The highest BCUT2D eigenvalue weighted by Gasteiger charge is 2.60. The zero-order valence-corrected chi connectivity index (χ0v) is 23.0. The average Bonchev–Trinajstić information content (AvgIpc) is 2.83. The molecule has 2 spiro atoms. The normalized spacial score (nSPS) is 40.5. The van der Waals surface area contributed by atoms with E-state index in [1.807, 2.05) is 20.8 Å². The summed E-state index contributed by atoms with van der Waals surface area (Å²) in [6.45, 7) is 11.6. The SMILES string of the molecule is CC1CC2CC(C)C3(OOC4(CCCC(OC(=O)N5CCN(C(=O)OC(C)(C)C)CC5)C4)OO3)C(C1)C2. The van der Waals surface area contributed by atoms with Gasteiger partial charge in [-0.15, -0.1) is 0 Å². The summed E-state index contributed by atoms with van der Waals surface area (Å²) in [5.74, 6) is -0.159. The van der Waals surface area contributed by atoms with E-state index >= 15 is 0 Å². The van der Waals surface area contributed by atoms with Crippen LogP contribution in [0.15, 0.2) is 0 Å². The van der Waals surface area contributed by atoms with Gasteiger partial charge in [-0.05, 0) is 71.1 Å². The Morgan fingerprint density at radius 1 is 0.865 bits per heavy atom. The van der Waals surface area contributed by atoms with Crippen LogP contribution in [-0.2, 0) is 29.0 Å². The van der Waals surface area contributed by atoms with E-state index in [9.17, 15) is 9.59 Å². The highest BCUT2D eigenvalue weighted by Crippen LogP contribution is 2.55. The summed E-state index contributed by atoms with van der Waals surface area (Å²) >= 11 is 0. The van der Waals surface area contributed by atoms with Gasteiger partial charge in [-0.1, -0.05) is 13.8 Å². The highest BCUT2D eigenvalue weighted by atomic mass is 17.4. The summed E-state index contributed by atoms with van der Waals surface area (Å²) in [5, 5.41) is 0. The van der Waals surface area contributed by atoms with Crippen molar-refractivity contribution in [3.05, 3.63) is 0 Å². The van der Waals surface area contributed by atoms with E-state index in [4.69, 9.17) is 29.0 Å². The van der Waals surface area contributed by atoms with Crippen LogP contribution in [0.25, 0.3) is 0 Å². The summed E-state index contributed by atoms with van der Waals surface area (Å²) in [4.78, 5) is 52.8. The molecule has 10 nitrogen and oxygen atoms in total. The maximum atomic E-state index is 12.9. The molecule has 2 heterocycles. The maximum absolute atomic E-state index is 12.9. The summed E-state index contributed by atoms with van der Waals surface area (Å²) in [7, 11) is 0. The highest BCUT2D eigenvalue weighted by molar-refractivity contribution is 5.70. The van der Waals surface area contributed by atoms with Gasteiger partial charge in [0.05, 0.1) is 0 Å². The van der Waals surface area contributed by atoms with Crippen molar-refractivity contribution in [1.82, 2.24) is 9.80 Å². The molecule has 3 saturated carbocycles. The fraction of sp³-hybridized carbons (Fsp3) is 0.926. The Balaban J connectivity index is 1.12. The summed E-state index contributed by atoms with van der Waals surface area (Å²) in [6.07, 6.45) is 5.78. The lowest BCUT2D eigenvalue weighted by molar-refractivity contribution is -0.677. The van der Waals surface area contributed by atoms with Gasteiger partial charge in [0.15, 0.2) is 0 Å². The molecule has 2 bridgehead atoms. The molecule has 2 aliphatic heterocycles. The zero-order chi connectivity index (χ0) is 26.4. The molecule has 2 amide bonds. The van der Waals surface area contributed by atoms with Crippen molar-refractivity contribution >= 4 is 12.2 Å². The Kier molecular flexibility index (Phi) is 7.41. The number of hydrogen-bond acceptors (Lipinski definition) is 8. The van der Waals surface area contributed by atoms with Gasteiger partial charge >= 0.3 is 12.2 Å². The molecule has 0 aromatic carbocycles. The van der Waals surface area contributed by atoms with Crippen molar-refractivity contribution in [1.29, 1.82) is 0 Å². The molecule has 10 heteroatoms. The molecule has 37 heavy (non-hydrogen) atoms. The van der Waals surface area contributed by atoms with Crippen LogP contribution in [-0.4, -0.2) is 71.4 Å². The fourth-order valence-electron chi connectivity index (χ4n) is 6.96. The van der Waals surface area contributed by atoms with Gasteiger partial charge in [-0.2, -0.15) is 19.6 Å². The van der Waals surface area contributed by atoms with E-state index in [1.165, 1.54) is 6.42 Å². The molecule has 2 saturated heterocycles. The van der Waals surface area contributed by atoms with E-state index in [0.29, 0.717) is 50.9 Å². The molecule has 210 valence electrons. The Bertz CT molecular complexity index is 840. The first kappa shape index (κ1) is 27.0. The number of hydrogen-bond donors (Lipinski definition) is 0. The summed E-state index contributed by atoms with van der Waals surface area (Å²) in [5.41, 5.74) is -0.549. The van der Waals surface area contributed by atoms with E-state index in [0.717, 1.165) is 32.1 Å². The van der Waals surface area contributed by atoms with Crippen LogP contribution in [0.2, 0.25) is 0 Å². The smallest absolute Gasteiger partial charge is 0.410 e. The lowest BCUT2D eigenvalue weighted by Gasteiger charge is -2.55. The number of fused-ring (bicyclic) bond motifs is 3. The molecule has 5 rings (SSSR count). The van der Waals surface area contributed by atoms with Crippen molar-refractivity contribution in [2.24, 2.45) is 23.7 Å². The predicted molar refractivity (Wildman–Crippen MR) is 132 cm³/mol. The average molecular weight is 525 g/mol. The van der Waals surface area contributed by atoms with Crippen LogP contribution in [0, 0.1) is 23.7 Å². The number of ether oxygens (including phenoxy) is 2. The first-order valence-corrected chi connectivity index (χ1v) is 14.1. The van der Waals surface area contributed by atoms with E-state index < -0.39 is 17.2 Å². The molecule has 5 aliphatic rings. The number of carbonyl (C=O) groups is 2. The van der Waals surface area contributed by atoms with Crippen LogP contribution in [0.1, 0.15) is 86.0 Å². The number of carbonyl (C=O) groups excluding carboxylic acids is 2. The van der Waals surface area contributed by atoms with Crippen molar-refractivity contribution in [3.63, 3.8) is 0 Å². The maximum Gasteiger partial charge on any atom is 0.410 e. The third kappa shape index (κ3) is 5.72. The molecule has 3 aliphatic carbocycles. The van der Waals surface area contributed by atoms with Gasteiger partial charge in [0.2, 0.25) is 11.6 Å².